The zero-order valence-corrected chi connectivity index (χ0v) is 13.3. The fourth-order valence-corrected chi connectivity index (χ4v) is 3.33. The number of anilines is 1. The van der Waals surface area contributed by atoms with E-state index in [0.29, 0.717) is 11.6 Å². The van der Waals surface area contributed by atoms with Crippen LogP contribution in [0.15, 0.2) is 40.2 Å². The maximum atomic E-state index is 12.0. The van der Waals surface area contributed by atoms with Gasteiger partial charge >= 0.3 is 0 Å². The van der Waals surface area contributed by atoms with Gasteiger partial charge in [0.1, 0.15) is 0 Å². The molecule has 1 aliphatic rings. The van der Waals surface area contributed by atoms with E-state index in [1.165, 1.54) is 4.88 Å². The molecule has 0 unspecified atom stereocenters. The zero-order valence-electron chi connectivity index (χ0n) is 10.9. The highest BCUT2D eigenvalue weighted by atomic mass is 79.9. The zero-order chi connectivity index (χ0) is 13.9. The number of carbonyl (C=O) groups is 1. The SMILES string of the molecule is O=C(NC1CC1)c1cccc(NCc2ccc(Br)s2)c1. The number of amides is 1. The van der Waals surface area contributed by atoms with Crippen molar-refractivity contribution < 1.29 is 4.79 Å². The van der Waals surface area contributed by atoms with Crippen molar-refractivity contribution in [2.45, 2.75) is 25.4 Å². The van der Waals surface area contributed by atoms with Gasteiger partial charge in [-0.1, -0.05) is 6.07 Å². The molecule has 0 saturated heterocycles. The highest BCUT2D eigenvalue weighted by molar-refractivity contribution is 9.11. The monoisotopic (exact) mass is 350 g/mol. The van der Waals surface area contributed by atoms with Gasteiger partial charge in [0, 0.05) is 28.7 Å². The normalized spacial score (nSPS) is 14.1. The summed E-state index contributed by atoms with van der Waals surface area (Å²) in [5.74, 6) is 0.0232. The summed E-state index contributed by atoms with van der Waals surface area (Å²) in [6.45, 7) is 0.768. The summed E-state index contributed by atoms with van der Waals surface area (Å²) in [5, 5.41) is 6.35. The minimum absolute atomic E-state index is 0.0232. The van der Waals surface area contributed by atoms with Gasteiger partial charge < -0.3 is 10.6 Å². The van der Waals surface area contributed by atoms with Crippen LogP contribution < -0.4 is 10.6 Å². The van der Waals surface area contributed by atoms with Crippen LogP contribution in [0.4, 0.5) is 5.69 Å². The third-order valence-electron chi connectivity index (χ3n) is 3.13. The van der Waals surface area contributed by atoms with Gasteiger partial charge in [0.05, 0.1) is 3.79 Å². The Hall–Kier alpha value is -1.33. The van der Waals surface area contributed by atoms with E-state index in [0.717, 1.165) is 28.9 Å². The number of hydrogen-bond acceptors (Lipinski definition) is 3. The first-order valence-corrected chi connectivity index (χ1v) is 8.21. The first-order chi connectivity index (χ1) is 9.70. The maximum Gasteiger partial charge on any atom is 0.251 e. The van der Waals surface area contributed by atoms with Crippen LogP contribution in [0.1, 0.15) is 28.1 Å². The van der Waals surface area contributed by atoms with Crippen molar-refractivity contribution in [2.24, 2.45) is 0 Å². The Morgan fingerprint density at radius 3 is 2.85 bits per heavy atom. The molecule has 2 aromatic rings. The van der Waals surface area contributed by atoms with Gasteiger partial charge in [-0.3, -0.25) is 4.79 Å². The lowest BCUT2D eigenvalue weighted by atomic mass is 10.2. The average Bonchev–Trinajstić information content (AvgIpc) is 3.17. The largest absolute Gasteiger partial charge is 0.380 e. The van der Waals surface area contributed by atoms with Crippen LogP contribution in [0.2, 0.25) is 0 Å². The summed E-state index contributed by atoms with van der Waals surface area (Å²) in [5.41, 5.74) is 1.69. The topological polar surface area (TPSA) is 41.1 Å². The van der Waals surface area contributed by atoms with Crippen LogP contribution in [-0.2, 0) is 6.54 Å². The van der Waals surface area contributed by atoms with Crippen molar-refractivity contribution in [3.63, 3.8) is 0 Å². The predicted octanol–water partition coefficient (Wildman–Crippen LogP) is 4.01. The minimum Gasteiger partial charge on any atom is -0.380 e. The molecule has 20 heavy (non-hydrogen) atoms. The summed E-state index contributed by atoms with van der Waals surface area (Å²) in [6, 6.07) is 12.2. The Morgan fingerprint density at radius 1 is 1.30 bits per heavy atom. The van der Waals surface area contributed by atoms with Crippen LogP contribution in [0.3, 0.4) is 0 Å². The molecule has 0 spiro atoms. The quantitative estimate of drug-likeness (QED) is 0.855. The first-order valence-electron chi connectivity index (χ1n) is 6.60. The first kappa shape index (κ1) is 13.6. The molecule has 0 aliphatic heterocycles. The molecule has 1 aromatic carbocycles. The molecule has 5 heteroatoms. The molecular formula is C15H15BrN2OS. The number of thiophene rings is 1. The van der Waals surface area contributed by atoms with Gasteiger partial charge in [-0.2, -0.15) is 0 Å². The van der Waals surface area contributed by atoms with E-state index in [4.69, 9.17) is 0 Å². The Balaban J connectivity index is 1.62. The number of benzene rings is 1. The third-order valence-corrected chi connectivity index (χ3v) is 4.76. The molecule has 0 radical (unpaired) electrons. The molecule has 0 bridgehead atoms. The molecule has 2 N–H and O–H groups in total. The fourth-order valence-electron chi connectivity index (χ4n) is 1.90. The summed E-state index contributed by atoms with van der Waals surface area (Å²) in [6.07, 6.45) is 2.22. The van der Waals surface area contributed by atoms with Crippen molar-refractivity contribution >= 4 is 38.9 Å². The molecule has 104 valence electrons. The van der Waals surface area contributed by atoms with Gasteiger partial charge in [0.15, 0.2) is 0 Å². The third kappa shape index (κ3) is 3.61. The van der Waals surface area contributed by atoms with Crippen LogP contribution in [0.25, 0.3) is 0 Å². The van der Waals surface area contributed by atoms with E-state index in [2.05, 4.69) is 32.6 Å². The van der Waals surface area contributed by atoms with Crippen molar-refractivity contribution in [1.29, 1.82) is 0 Å². The number of rotatable bonds is 5. The predicted molar refractivity (Wildman–Crippen MR) is 86.3 cm³/mol. The van der Waals surface area contributed by atoms with E-state index >= 15 is 0 Å². The summed E-state index contributed by atoms with van der Waals surface area (Å²) >= 11 is 5.16. The molecule has 1 fully saturated rings. The second-order valence-corrected chi connectivity index (χ2v) is 7.44. The molecule has 3 rings (SSSR count). The van der Waals surface area contributed by atoms with E-state index in [1.807, 2.05) is 30.3 Å². The Morgan fingerprint density at radius 2 is 2.15 bits per heavy atom. The molecule has 1 heterocycles. The van der Waals surface area contributed by atoms with Gasteiger partial charge in [-0.05, 0) is 59.1 Å². The van der Waals surface area contributed by atoms with Crippen molar-refractivity contribution in [3.05, 3.63) is 50.6 Å². The average molecular weight is 351 g/mol. The highest BCUT2D eigenvalue weighted by Gasteiger charge is 2.23. The summed E-state index contributed by atoms with van der Waals surface area (Å²) in [4.78, 5) is 13.2. The van der Waals surface area contributed by atoms with Crippen LogP contribution in [0, 0.1) is 0 Å². The van der Waals surface area contributed by atoms with Gasteiger partial charge in [-0.25, -0.2) is 0 Å². The number of halogens is 1. The number of carbonyl (C=O) groups excluding carboxylic acids is 1. The van der Waals surface area contributed by atoms with Gasteiger partial charge in [-0.15, -0.1) is 11.3 Å². The van der Waals surface area contributed by atoms with Crippen LogP contribution in [-0.4, -0.2) is 11.9 Å². The van der Waals surface area contributed by atoms with E-state index in [1.54, 1.807) is 11.3 Å². The summed E-state index contributed by atoms with van der Waals surface area (Å²) in [7, 11) is 0. The lowest BCUT2D eigenvalue weighted by Crippen LogP contribution is -2.25. The molecule has 0 atom stereocenters. The van der Waals surface area contributed by atoms with Crippen LogP contribution >= 0.6 is 27.3 Å². The molecule has 1 aromatic heterocycles. The Bertz CT molecular complexity index is 622. The molecular weight excluding hydrogens is 336 g/mol. The van der Waals surface area contributed by atoms with Gasteiger partial charge in [0.2, 0.25) is 0 Å². The van der Waals surface area contributed by atoms with E-state index in [-0.39, 0.29) is 5.91 Å². The molecule has 3 nitrogen and oxygen atoms in total. The molecule has 1 aliphatic carbocycles. The number of hydrogen-bond donors (Lipinski definition) is 2. The Kier molecular flexibility index (Phi) is 4.08. The Labute approximate surface area is 130 Å². The minimum atomic E-state index is 0.0232. The van der Waals surface area contributed by atoms with Crippen molar-refractivity contribution in [1.82, 2.24) is 5.32 Å². The smallest absolute Gasteiger partial charge is 0.251 e. The fraction of sp³-hybridized carbons (Fsp3) is 0.267. The second kappa shape index (κ2) is 5.97. The second-order valence-electron chi connectivity index (χ2n) is 4.89. The van der Waals surface area contributed by atoms with E-state index < -0.39 is 0 Å². The lowest BCUT2D eigenvalue weighted by Gasteiger charge is -2.08. The maximum absolute atomic E-state index is 12.0. The summed E-state index contributed by atoms with van der Waals surface area (Å²) < 4.78 is 1.13. The lowest BCUT2D eigenvalue weighted by molar-refractivity contribution is 0.0951. The van der Waals surface area contributed by atoms with E-state index in [9.17, 15) is 4.79 Å². The molecule has 1 saturated carbocycles. The van der Waals surface area contributed by atoms with Crippen molar-refractivity contribution in [3.8, 4) is 0 Å². The molecule has 1 amide bonds. The van der Waals surface area contributed by atoms with Crippen molar-refractivity contribution in [2.75, 3.05) is 5.32 Å². The van der Waals surface area contributed by atoms with Crippen LogP contribution in [0.5, 0.6) is 0 Å². The highest BCUT2D eigenvalue weighted by Crippen LogP contribution is 2.23. The number of nitrogens with one attached hydrogen (secondary N) is 2. The van der Waals surface area contributed by atoms with Gasteiger partial charge in [0.25, 0.3) is 5.91 Å². The standard InChI is InChI=1S/C15H15BrN2OS/c16-14-7-6-13(20-14)9-17-12-3-1-2-10(8-12)15(19)18-11-4-5-11/h1-3,6-8,11,17H,4-5,9H2,(H,18,19).